The van der Waals surface area contributed by atoms with Crippen molar-refractivity contribution in [2.75, 3.05) is 5.88 Å². The lowest BCUT2D eigenvalue weighted by Crippen LogP contribution is -2.04. The molecule has 0 bridgehead atoms. The third-order valence-corrected chi connectivity index (χ3v) is 2.69. The summed E-state index contributed by atoms with van der Waals surface area (Å²) in [5.41, 5.74) is 3.21. The first-order valence-electron chi connectivity index (χ1n) is 4.39. The van der Waals surface area contributed by atoms with Crippen LogP contribution in [0.1, 0.15) is 16.7 Å². The van der Waals surface area contributed by atoms with Gasteiger partial charge in [0.25, 0.3) is 0 Å². The number of Topliss-reactive ketones (excluding diaryl/α,β-unsaturated/α-hetero) is 1. The smallest absolute Gasteiger partial charge is 0.151 e. The minimum atomic E-state index is 0.0380. The maximum absolute atomic E-state index is 11.1. The van der Waals surface area contributed by atoms with Gasteiger partial charge in [-0.2, -0.15) is 0 Å². The van der Waals surface area contributed by atoms with Gasteiger partial charge in [-0.1, -0.05) is 18.2 Å². The van der Waals surface area contributed by atoms with Crippen LogP contribution in [0.4, 0.5) is 0 Å². The van der Waals surface area contributed by atoms with Crippen LogP contribution in [0.5, 0.6) is 0 Å². The van der Waals surface area contributed by atoms with Crippen LogP contribution in [-0.2, 0) is 17.1 Å². The van der Waals surface area contributed by atoms with E-state index in [0.29, 0.717) is 12.3 Å². The van der Waals surface area contributed by atoms with Gasteiger partial charge < -0.3 is 0 Å². The summed E-state index contributed by atoms with van der Waals surface area (Å²) in [7, 11) is 0. The van der Waals surface area contributed by atoms with Crippen molar-refractivity contribution in [3.63, 3.8) is 0 Å². The fourth-order valence-corrected chi connectivity index (χ4v) is 1.64. The first kappa shape index (κ1) is 11.5. The Balaban J connectivity index is 2.84. The Hall–Kier alpha value is -0.530. The highest BCUT2D eigenvalue weighted by Gasteiger charge is 2.04. The van der Waals surface area contributed by atoms with Crippen LogP contribution in [-0.4, -0.2) is 11.7 Å². The molecule has 0 heterocycles. The van der Waals surface area contributed by atoms with Gasteiger partial charge in [-0.15, -0.1) is 23.2 Å². The lowest BCUT2D eigenvalue weighted by Gasteiger charge is -2.05. The van der Waals surface area contributed by atoms with Crippen molar-refractivity contribution in [2.24, 2.45) is 0 Å². The molecule has 1 nitrogen and oxygen atoms in total. The van der Waals surface area contributed by atoms with Crippen molar-refractivity contribution >= 4 is 29.0 Å². The number of carbonyl (C=O) groups is 1. The van der Waals surface area contributed by atoms with E-state index in [-0.39, 0.29) is 11.7 Å². The zero-order valence-corrected chi connectivity index (χ0v) is 9.53. The normalized spacial score (nSPS) is 10.2. The summed E-state index contributed by atoms with van der Waals surface area (Å²) in [5.74, 6) is 0.592. The van der Waals surface area contributed by atoms with Gasteiger partial charge in [-0.3, -0.25) is 4.79 Å². The number of hydrogen-bond donors (Lipinski definition) is 0. The number of ketones is 1. The molecule has 0 radical (unpaired) electrons. The molecule has 0 amide bonds. The Morgan fingerprint density at radius 2 is 2.07 bits per heavy atom. The molecule has 0 unspecified atom stereocenters. The average molecular weight is 231 g/mol. The van der Waals surface area contributed by atoms with Crippen LogP contribution in [0.3, 0.4) is 0 Å². The molecule has 0 spiro atoms. The molecule has 0 aliphatic heterocycles. The summed E-state index contributed by atoms with van der Waals surface area (Å²) in [4.78, 5) is 11.1. The zero-order chi connectivity index (χ0) is 10.6. The minimum Gasteiger partial charge on any atom is -0.298 e. The summed E-state index contributed by atoms with van der Waals surface area (Å²) < 4.78 is 0. The predicted molar refractivity (Wildman–Crippen MR) is 60.2 cm³/mol. The Morgan fingerprint density at radius 1 is 1.36 bits per heavy atom. The molecule has 0 fully saturated rings. The van der Waals surface area contributed by atoms with E-state index < -0.39 is 0 Å². The molecule has 14 heavy (non-hydrogen) atoms. The second-order valence-corrected chi connectivity index (χ2v) is 3.78. The Labute approximate surface area is 94.0 Å². The molecule has 0 atom stereocenters. The number of alkyl halides is 2. The second-order valence-electron chi connectivity index (χ2n) is 3.24. The van der Waals surface area contributed by atoms with Crippen molar-refractivity contribution in [1.82, 2.24) is 0 Å². The Bertz CT molecular complexity index is 334. The standard InChI is InChI=1S/C11H12Cl2O/c1-8-2-3-9(4-10(8)6-12)5-11(14)7-13/h2-4H,5-7H2,1H3. The minimum absolute atomic E-state index is 0.0380. The molecule has 1 aromatic rings. The van der Waals surface area contributed by atoms with Crippen molar-refractivity contribution in [1.29, 1.82) is 0 Å². The molecule has 0 aliphatic rings. The fraction of sp³-hybridized carbons (Fsp3) is 0.364. The molecule has 3 heteroatoms. The number of rotatable bonds is 4. The third kappa shape index (κ3) is 3.00. The monoisotopic (exact) mass is 230 g/mol. The van der Waals surface area contributed by atoms with Gasteiger partial charge in [0.2, 0.25) is 0 Å². The van der Waals surface area contributed by atoms with Crippen LogP contribution in [0.2, 0.25) is 0 Å². The van der Waals surface area contributed by atoms with Gasteiger partial charge in [0.05, 0.1) is 5.88 Å². The lowest BCUT2D eigenvalue weighted by atomic mass is 10.0. The molecule has 1 aromatic carbocycles. The van der Waals surface area contributed by atoms with Gasteiger partial charge in [-0.05, 0) is 23.6 Å². The van der Waals surface area contributed by atoms with E-state index in [1.54, 1.807) is 0 Å². The van der Waals surface area contributed by atoms with Crippen molar-refractivity contribution in [2.45, 2.75) is 19.2 Å². The fourth-order valence-electron chi connectivity index (χ4n) is 1.25. The molecule has 0 aliphatic carbocycles. The van der Waals surface area contributed by atoms with E-state index >= 15 is 0 Å². The zero-order valence-electron chi connectivity index (χ0n) is 8.02. The largest absolute Gasteiger partial charge is 0.298 e. The third-order valence-electron chi connectivity index (χ3n) is 2.11. The van der Waals surface area contributed by atoms with Gasteiger partial charge >= 0.3 is 0 Å². The SMILES string of the molecule is Cc1ccc(CC(=O)CCl)cc1CCl. The van der Waals surface area contributed by atoms with E-state index in [0.717, 1.165) is 16.7 Å². The van der Waals surface area contributed by atoms with E-state index in [1.165, 1.54) is 0 Å². The highest BCUT2D eigenvalue weighted by molar-refractivity contribution is 6.27. The first-order valence-corrected chi connectivity index (χ1v) is 5.46. The summed E-state index contributed by atoms with van der Waals surface area (Å²) in [6.07, 6.45) is 0.396. The molecule has 0 aromatic heterocycles. The summed E-state index contributed by atoms with van der Waals surface area (Å²) >= 11 is 11.2. The number of aryl methyl sites for hydroxylation is 1. The molecular weight excluding hydrogens is 219 g/mol. The van der Waals surface area contributed by atoms with E-state index in [2.05, 4.69) is 0 Å². The molecular formula is C11H12Cl2O. The van der Waals surface area contributed by atoms with Crippen molar-refractivity contribution in [3.05, 3.63) is 34.9 Å². The van der Waals surface area contributed by atoms with Crippen LogP contribution in [0.15, 0.2) is 18.2 Å². The summed E-state index contributed by atoms with van der Waals surface area (Å²) in [5, 5.41) is 0. The second kappa shape index (κ2) is 5.38. The van der Waals surface area contributed by atoms with Gasteiger partial charge in [0, 0.05) is 12.3 Å². The topological polar surface area (TPSA) is 17.1 Å². The quantitative estimate of drug-likeness (QED) is 0.727. The molecule has 0 saturated carbocycles. The van der Waals surface area contributed by atoms with E-state index in [9.17, 15) is 4.79 Å². The predicted octanol–water partition coefficient (Wildman–Crippen LogP) is 3.08. The molecule has 0 saturated heterocycles. The van der Waals surface area contributed by atoms with E-state index in [4.69, 9.17) is 23.2 Å². The molecule has 0 N–H and O–H groups in total. The number of carbonyl (C=O) groups excluding carboxylic acids is 1. The highest BCUT2D eigenvalue weighted by atomic mass is 35.5. The Morgan fingerprint density at radius 3 is 2.64 bits per heavy atom. The summed E-state index contributed by atoms with van der Waals surface area (Å²) in [6, 6.07) is 5.89. The average Bonchev–Trinajstić information content (AvgIpc) is 2.20. The van der Waals surface area contributed by atoms with Crippen molar-refractivity contribution < 1.29 is 4.79 Å². The molecule has 1 rings (SSSR count). The first-order chi connectivity index (χ1) is 6.67. The number of halogens is 2. The molecule has 76 valence electrons. The maximum atomic E-state index is 11.1. The summed E-state index contributed by atoms with van der Waals surface area (Å²) in [6.45, 7) is 2.00. The van der Waals surface area contributed by atoms with Crippen LogP contribution in [0, 0.1) is 6.92 Å². The van der Waals surface area contributed by atoms with Crippen molar-refractivity contribution in [3.8, 4) is 0 Å². The van der Waals surface area contributed by atoms with Crippen LogP contribution >= 0.6 is 23.2 Å². The maximum Gasteiger partial charge on any atom is 0.151 e. The van der Waals surface area contributed by atoms with Gasteiger partial charge in [0.1, 0.15) is 0 Å². The van der Waals surface area contributed by atoms with Gasteiger partial charge in [-0.25, -0.2) is 0 Å². The number of benzene rings is 1. The lowest BCUT2D eigenvalue weighted by molar-refractivity contribution is -0.116. The number of hydrogen-bond acceptors (Lipinski definition) is 1. The van der Waals surface area contributed by atoms with E-state index in [1.807, 2.05) is 25.1 Å². The van der Waals surface area contributed by atoms with Gasteiger partial charge in [0.15, 0.2) is 5.78 Å². The van der Waals surface area contributed by atoms with Crippen LogP contribution in [0.25, 0.3) is 0 Å². The Kier molecular flexibility index (Phi) is 4.43. The van der Waals surface area contributed by atoms with Crippen LogP contribution < -0.4 is 0 Å². The highest BCUT2D eigenvalue weighted by Crippen LogP contribution is 2.14.